The molecule has 32 heavy (non-hydrogen) atoms. The Hall–Kier alpha value is -3.81. The summed E-state index contributed by atoms with van der Waals surface area (Å²) < 4.78 is 3.54. The first-order chi connectivity index (χ1) is 15.4. The zero-order valence-electron chi connectivity index (χ0n) is 18.2. The standard InChI is InChI=1S/C24H24N6O2/c1-14(2)30-22-19(13-26-30)18(12-20(28-22)15-4-5-15)24(32)27-17-8-6-16(7-9-17)21(31)23-25-10-11-29(23)3/h6-15H,4-5H2,1-3H3,(H,27,32). The highest BCUT2D eigenvalue weighted by atomic mass is 16.1. The van der Waals surface area contributed by atoms with Gasteiger partial charge in [0.05, 0.1) is 17.1 Å². The van der Waals surface area contributed by atoms with E-state index in [1.807, 2.05) is 24.6 Å². The van der Waals surface area contributed by atoms with Crippen molar-refractivity contribution in [3.63, 3.8) is 0 Å². The van der Waals surface area contributed by atoms with Gasteiger partial charge in [-0.1, -0.05) is 0 Å². The predicted molar refractivity (Wildman–Crippen MR) is 121 cm³/mol. The van der Waals surface area contributed by atoms with Crippen molar-refractivity contribution in [3.05, 3.63) is 71.6 Å². The summed E-state index contributed by atoms with van der Waals surface area (Å²) in [4.78, 5) is 34.7. The minimum Gasteiger partial charge on any atom is -0.331 e. The molecule has 0 saturated heterocycles. The number of aromatic nitrogens is 5. The van der Waals surface area contributed by atoms with Gasteiger partial charge in [0.25, 0.3) is 5.91 Å². The van der Waals surface area contributed by atoms with E-state index >= 15 is 0 Å². The molecule has 1 aliphatic carbocycles. The van der Waals surface area contributed by atoms with Crippen LogP contribution in [0, 0.1) is 0 Å². The average Bonchev–Trinajstić information content (AvgIpc) is 3.40. The number of rotatable bonds is 6. The lowest BCUT2D eigenvalue weighted by Gasteiger charge is -2.11. The monoisotopic (exact) mass is 428 g/mol. The van der Waals surface area contributed by atoms with E-state index in [0.717, 1.165) is 29.6 Å². The molecule has 4 aromatic rings. The maximum atomic E-state index is 13.2. The maximum absolute atomic E-state index is 13.2. The van der Waals surface area contributed by atoms with Crippen molar-refractivity contribution in [1.29, 1.82) is 0 Å². The molecular formula is C24H24N6O2. The number of benzene rings is 1. The summed E-state index contributed by atoms with van der Waals surface area (Å²) in [5.41, 5.74) is 3.38. The van der Waals surface area contributed by atoms with E-state index in [2.05, 4.69) is 15.4 Å². The number of carbonyl (C=O) groups excluding carboxylic acids is 2. The molecule has 8 heteroatoms. The summed E-state index contributed by atoms with van der Waals surface area (Å²) in [5, 5.41) is 8.15. The van der Waals surface area contributed by atoms with E-state index in [-0.39, 0.29) is 17.7 Å². The minimum atomic E-state index is -0.217. The molecule has 5 rings (SSSR count). The van der Waals surface area contributed by atoms with Gasteiger partial charge in [-0.05, 0) is 57.0 Å². The minimum absolute atomic E-state index is 0.147. The molecule has 1 amide bonds. The number of carbonyl (C=O) groups is 2. The molecule has 0 atom stereocenters. The second-order valence-corrected chi connectivity index (χ2v) is 8.51. The van der Waals surface area contributed by atoms with Crippen LogP contribution >= 0.6 is 0 Å². The average molecular weight is 428 g/mol. The van der Waals surface area contributed by atoms with Crippen LogP contribution < -0.4 is 5.32 Å². The van der Waals surface area contributed by atoms with Crippen molar-refractivity contribution in [2.24, 2.45) is 7.05 Å². The molecule has 1 fully saturated rings. The Labute approximate surface area is 185 Å². The normalized spacial score (nSPS) is 13.6. The molecule has 3 heterocycles. The lowest BCUT2D eigenvalue weighted by atomic mass is 10.1. The van der Waals surface area contributed by atoms with Crippen LogP contribution in [0.15, 0.2) is 48.9 Å². The van der Waals surface area contributed by atoms with Gasteiger partial charge in [-0.3, -0.25) is 9.59 Å². The third-order valence-corrected chi connectivity index (χ3v) is 5.75. The van der Waals surface area contributed by atoms with Gasteiger partial charge in [-0.25, -0.2) is 14.6 Å². The number of nitrogens with one attached hydrogen (secondary N) is 1. The summed E-state index contributed by atoms with van der Waals surface area (Å²) in [6.45, 7) is 4.09. The Morgan fingerprint density at radius 3 is 2.53 bits per heavy atom. The fraction of sp³-hybridized carbons (Fsp3) is 0.292. The number of pyridine rings is 1. The van der Waals surface area contributed by atoms with E-state index in [4.69, 9.17) is 4.98 Å². The van der Waals surface area contributed by atoms with E-state index in [9.17, 15) is 9.59 Å². The zero-order valence-corrected chi connectivity index (χ0v) is 18.2. The van der Waals surface area contributed by atoms with Gasteiger partial charge in [0, 0.05) is 48.3 Å². The van der Waals surface area contributed by atoms with E-state index in [1.54, 1.807) is 54.5 Å². The molecule has 1 N–H and O–H groups in total. The number of ketones is 1. The summed E-state index contributed by atoms with van der Waals surface area (Å²) in [6.07, 6.45) is 7.23. The van der Waals surface area contributed by atoms with Crippen LogP contribution in [0.1, 0.15) is 70.9 Å². The number of fused-ring (bicyclic) bond motifs is 1. The molecular weight excluding hydrogens is 404 g/mol. The van der Waals surface area contributed by atoms with Crippen molar-refractivity contribution >= 4 is 28.4 Å². The Morgan fingerprint density at radius 1 is 1.16 bits per heavy atom. The Bertz CT molecular complexity index is 1330. The zero-order chi connectivity index (χ0) is 22.4. The molecule has 0 aliphatic heterocycles. The van der Waals surface area contributed by atoms with Crippen molar-refractivity contribution in [1.82, 2.24) is 24.3 Å². The molecule has 1 aromatic carbocycles. The van der Waals surface area contributed by atoms with Crippen LogP contribution in [0.25, 0.3) is 11.0 Å². The number of hydrogen-bond acceptors (Lipinski definition) is 5. The maximum Gasteiger partial charge on any atom is 0.256 e. The molecule has 0 spiro atoms. The second-order valence-electron chi connectivity index (χ2n) is 8.51. The SMILES string of the molecule is CC(C)n1ncc2c(C(=O)Nc3ccc(C(=O)c4nccn4C)cc3)cc(C3CC3)nc21. The molecule has 162 valence electrons. The highest BCUT2D eigenvalue weighted by Gasteiger charge is 2.28. The Balaban J connectivity index is 1.42. The van der Waals surface area contributed by atoms with Crippen molar-refractivity contribution in [3.8, 4) is 0 Å². The van der Waals surface area contributed by atoms with Gasteiger partial charge in [-0.15, -0.1) is 0 Å². The smallest absolute Gasteiger partial charge is 0.256 e. The molecule has 1 aliphatic rings. The molecule has 0 radical (unpaired) electrons. The number of anilines is 1. The molecule has 8 nitrogen and oxygen atoms in total. The van der Waals surface area contributed by atoms with Crippen LogP contribution in [-0.2, 0) is 7.05 Å². The number of amides is 1. The first-order valence-corrected chi connectivity index (χ1v) is 10.7. The number of aryl methyl sites for hydroxylation is 1. The highest BCUT2D eigenvalue weighted by Crippen LogP contribution is 2.40. The van der Waals surface area contributed by atoms with E-state index in [0.29, 0.717) is 28.6 Å². The third-order valence-electron chi connectivity index (χ3n) is 5.75. The molecule has 0 bridgehead atoms. The third kappa shape index (κ3) is 3.57. The molecule has 3 aromatic heterocycles. The Kier molecular flexibility index (Phi) is 4.84. The fourth-order valence-corrected chi connectivity index (χ4v) is 3.81. The summed E-state index contributed by atoms with van der Waals surface area (Å²) in [5.74, 6) is 0.404. The van der Waals surface area contributed by atoms with Crippen LogP contribution in [0.2, 0.25) is 0 Å². The highest BCUT2D eigenvalue weighted by molar-refractivity contribution is 6.12. The molecule has 1 saturated carbocycles. The van der Waals surface area contributed by atoms with Crippen LogP contribution in [0.3, 0.4) is 0 Å². The topological polar surface area (TPSA) is 94.7 Å². The summed E-state index contributed by atoms with van der Waals surface area (Å²) in [7, 11) is 1.78. The predicted octanol–water partition coefficient (Wildman–Crippen LogP) is 4.11. The quantitative estimate of drug-likeness (QED) is 0.467. The van der Waals surface area contributed by atoms with Gasteiger partial charge in [0.1, 0.15) is 0 Å². The summed E-state index contributed by atoms with van der Waals surface area (Å²) in [6, 6.07) is 8.88. The lowest BCUT2D eigenvalue weighted by molar-refractivity contribution is 0.102. The van der Waals surface area contributed by atoms with Gasteiger partial charge in [0.15, 0.2) is 11.5 Å². The van der Waals surface area contributed by atoms with Gasteiger partial charge in [-0.2, -0.15) is 5.10 Å². The van der Waals surface area contributed by atoms with Crippen LogP contribution in [-0.4, -0.2) is 36.0 Å². The first kappa shape index (κ1) is 20.1. The van der Waals surface area contributed by atoms with Gasteiger partial charge < -0.3 is 9.88 Å². The molecule has 0 unspecified atom stereocenters. The fourth-order valence-electron chi connectivity index (χ4n) is 3.81. The van der Waals surface area contributed by atoms with E-state index in [1.165, 1.54) is 0 Å². The second kappa shape index (κ2) is 7.71. The summed E-state index contributed by atoms with van der Waals surface area (Å²) >= 11 is 0. The number of hydrogen-bond donors (Lipinski definition) is 1. The van der Waals surface area contributed by atoms with Crippen molar-refractivity contribution in [2.45, 2.75) is 38.6 Å². The van der Waals surface area contributed by atoms with Crippen LogP contribution in [0.5, 0.6) is 0 Å². The van der Waals surface area contributed by atoms with Crippen molar-refractivity contribution < 1.29 is 9.59 Å². The van der Waals surface area contributed by atoms with Crippen molar-refractivity contribution in [2.75, 3.05) is 5.32 Å². The lowest BCUT2D eigenvalue weighted by Crippen LogP contribution is -2.14. The van der Waals surface area contributed by atoms with Crippen LogP contribution in [0.4, 0.5) is 5.69 Å². The largest absolute Gasteiger partial charge is 0.331 e. The van der Waals surface area contributed by atoms with Gasteiger partial charge >= 0.3 is 0 Å². The number of imidazole rings is 1. The first-order valence-electron chi connectivity index (χ1n) is 10.7. The van der Waals surface area contributed by atoms with Gasteiger partial charge in [0.2, 0.25) is 5.78 Å². The Morgan fingerprint density at radius 2 is 1.91 bits per heavy atom. The van der Waals surface area contributed by atoms with E-state index < -0.39 is 0 Å². The number of nitrogens with zero attached hydrogens (tertiary/aromatic N) is 5.